The first-order valence-electron chi connectivity index (χ1n) is 8.10. The molecule has 0 unspecified atom stereocenters. The van der Waals surface area contributed by atoms with Crippen molar-refractivity contribution >= 4 is 35.2 Å². The lowest BCUT2D eigenvalue weighted by atomic mass is 9.99. The standard InChI is InChI=1S/C17H23N3O4S/c1-3-18-15(22)12-5-4-6-13(9-12)20-14(21)10-19-17(16(23)24-2)7-8-25-11-17/h4-6,9,19H,3,7-8,10-11H2,1-2H3,(H,18,22)(H,20,21)/t17-/m0/s1. The maximum atomic E-state index is 12.2. The van der Waals surface area contributed by atoms with E-state index in [0.29, 0.717) is 30.0 Å². The Morgan fingerprint density at radius 2 is 2.12 bits per heavy atom. The summed E-state index contributed by atoms with van der Waals surface area (Å²) in [5.41, 5.74) is 0.203. The summed E-state index contributed by atoms with van der Waals surface area (Å²) in [6.07, 6.45) is 0.629. The molecule has 0 aliphatic carbocycles. The van der Waals surface area contributed by atoms with Gasteiger partial charge in [-0.05, 0) is 37.3 Å². The lowest BCUT2D eigenvalue weighted by Crippen LogP contribution is -2.55. The minimum atomic E-state index is -0.806. The molecule has 136 valence electrons. The van der Waals surface area contributed by atoms with Gasteiger partial charge in [0.15, 0.2) is 0 Å². The van der Waals surface area contributed by atoms with Crippen LogP contribution < -0.4 is 16.0 Å². The minimum Gasteiger partial charge on any atom is -0.468 e. The van der Waals surface area contributed by atoms with Gasteiger partial charge in [0, 0.05) is 23.5 Å². The number of hydrogen-bond acceptors (Lipinski definition) is 6. The second-order valence-electron chi connectivity index (χ2n) is 5.72. The molecule has 25 heavy (non-hydrogen) atoms. The zero-order valence-corrected chi connectivity index (χ0v) is 15.2. The molecular formula is C17H23N3O4S. The van der Waals surface area contributed by atoms with Crippen molar-refractivity contribution in [1.29, 1.82) is 0 Å². The number of rotatable bonds is 7. The van der Waals surface area contributed by atoms with Gasteiger partial charge >= 0.3 is 5.97 Å². The van der Waals surface area contributed by atoms with Gasteiger partial charge in [-0.15, -0.1) is 0 Å². The summed E-state index contributed by atoms with van der Waals surface area (Å²) < 4.78 is 4.86. The van der Waals surface area contributed by atoms with Gasteiger partial charge in [-0.1, -0.05) is 6.07 Å². The molecule has 1 aromatic rings. The first kappa shape index (κ1) is 19.3. The van der Waals surface area contributed by atoms with Crippen LogP contribution in [-0.4, -0.2) is 55.0 Å². The van der Waals surface area contributed by atoms with E-state index in [1.807, 2.05) is 6.92 Å². The van der Waals surface area contributed by atoms with E-state index >= 15 is 0 Å². The quantitative estimate of drug-likeness (QED) is 0.624. The molecule has 2 rings (SSSR count). The van der Waals surface area contributed by atoms with Gasteiger partial charge in [0.1, 0.15) is 5.54 Å². The molecule has 0 saturated carbocycles. The van der Waals surface area contributed by atoms with Gasteiger partial charge in [-0.25, -0.2) is 0 Å². The second kappa shape index (κ2) is 8.87. The monoisotopic (exact) mass is 365 g/mol. The van der Waals surface area contributed by atoms with Gasteiger partial charge in [-0.3, -0.25) is 19.7 Å². The second-order valence-corrected chi connectivity index (χ2v) is 6.82. The van der Waals surface area contributed by atoms with Gasteiger partial charge < -0.3 is 15.4 Å². The summed E-state index contributed by atoms with van der Waals surface area (Å²) in [4.78, 5) is 36.1. The van der Waals surface area contributed by atoms with Crippen LogP contribution in [0.4, 0.5) is 5.69 Å². The van der Waals surface area contributed by atoms with Gasteiger partial charge in [-0.2, -0.15) is 11.8 Å². The highest BCUT2D eigenvalue weighted by molar-refractivity contribution is 7.99. The van der Waals surface area contributed by atoms with Crippen molar-refractivity contribution in [1.82, 2.24) is 10.6 Å². The zero-order chi connectivity index (χ0) is 18.3. The maximum Gasteiger partial charge on any atom is 0.326 e. The highest BCUT2D eigenvalue weighted by Crippen LogP contribution is 2.29. The van der Waals surface area contributed by atoms with Crippen LogP contribution in [0, 0.1) is 0 Å². The number of benzene rings is 1. The highest BCUT2D eigenvalue weighted by atomic mass is 32.2. The van der Waals surface area contributed by atoms with Crippen molar-refractivity contribution in [3.63, 3.8) is 0 Å². The lowest BCUT2D eigenvalue weighted by molar-refractivity contribution is -0.147. The van der Waals surface area contributed by atoms with Crippen molar-refractivity contribution in [3.8, 4) is 0 Å². The molecule has 0 bridgehead atoms. The third-order valence-electron chi connectivity index (χ3n) is 3.93. The number of amides is 2. The van der Waals surface area contributed by atoms with Crippen LogP contribution in [0.25, 0.3) is 0 Å². The molecule has 1 aromatic carbocycles. The van der Waals surface area contributed by atoms with E-state index in [0.717, 1.165) is 5.75 Å². The number of ether oxygens (including phenoxy) is 1. The van der Waals surface area contributed by atoms with E-state index in [1.54, 1.807) is 36.0 Å². The Kier molecular flexibility index (Phi) is 6.83. The first-order valence-corrected chi connectivity index (χ1v) is 9.25. The van der Waals surface area contributed by atoms with Crippen LogP contribution in [0.5, 0.6) is 0 Å². The van der Waals surface area contributed by atoms with Crippen molar-refractivity contribution in [2.75, 3.05) is 37.0 Å². The molecule has 0 spiro atoms. The average molecular weight is 365 g/mol. The summed E-state index contributed by atoms with van der Waals surface area (Å²) in [7, 11) is 1.35. The molecule has 0 radical (unpaired) electrons. The van der Waals surface area contributed by atoms with Crippen LogP contribution in [0.2, 0.25) is 0 Å². The van der Waals surface area contributed by atoms with Crippen LogP contribution in [-0.2, 0) is 14.3 Å². The van der Waals surface area contributed by atoms with E-state index in [1.165, 1.54) is 7.11 Å². The molecule has 1 heterocycles. The van der Waals surface area contributed by atoms with Crippen molar-refractivity contribution < 1.29 is 19.1 Å². The fraction of sp³-hybridized carbons (Fsp3) is 0.471. The molecule has 1 saturated heterocycles. The van der Waals surface area contributed by atoms with Crippen LogP contribution >= 0.6 is 11.8 Å². The number of esters is 1. The number of thioether (sulfide) groups is 1. The predicted octanol–water partition coefficient (Wildman–Crippen LogP) is 1.01. The summed E-state index contributed by atoms with van der Waals surface area (Å²) >= 11 is 1.65. The van der Waals surface area contributed by atoms with E-state index in [9.17, 15) is 14.4 Å². The molecule has 7 nitrogen and oxygen atoms in total. The van der Waals surface area contributed by atoms with Crippen molar-refractivity contribution in [2.24, 2.45) is 0 Å². The Morgan fingerprint density at radius 1 is 1.32 bits per heavy atom. The largest absolute Gasteiger partial charge is 0.468 e. The third-order valence-corrected chi connectivity index (χ3v) is 5.12. The number of anilines is 1. The van der Waals surface area contributed by atoms with Crippen LogP contribution in [0.1, 0.15) is 23.7 Å². The Hall–Kier alpha value is -2.06. The molecule has 1 aliphatic heterocycles. The van der Waals surface area contributed by atoms with E-state index in [4.69, 9.17) is 4.74 Å². The van der Waals surface area contributed by atoms with E-state index in [-0.39, 0.29) is 24.3 Å². The number of nitrogens with one attached hydrogen (secondary N) is 3. The Morgan fingerprint density at radius 3 is 2.76 bits per heavy atom. The molecule has 2 amide bonds. The summed E-state index contributed by atoms with van der Waals surface area (Å²) in [5, 5.41) is 8.48. The van der Waals surface area contributed by atoms with Gasteiger partial charge in [0.05, 0.1) is 13.7 Å². The number of methoxy groups -OCH3 is 1. The van der Waals surface area contributed by atoms with Crippen molar-refractivity contribution in [2.45, 2.75) is 18.9 Å². The Labute approximate surface area is 151 Å². The fourth-order valence-corrected chi connectivity index (χ4v) is 3.94. The number of carbonyl (C=O) groups is 3. The van der Waals surface area contributed by atoms with E-state index in [2.05, 4.69) is 16.0 Å². The van der Waals surface area contributed by atoms with E-state index < -0.39 is 5.54 Å². The first-order chi connectivity index (χ1) is 12.0. The fourth-order valence-electron chi connectivity index (χ4n) is 2.59. The maximum absolute atomic E-state index is 12.2. The summed E-state index contributed by atoms with van der Waals surface area (Å²) in [5.74, 6) is 0.610. The van der Waals surface area contributed by atoms with Crippen LogP contribution in [0.3, 0.4) is 0 Å². The van der Waals surface area contributed by atoms with Crippen LogP contribution in [0.15, 0.2) is 24.3 Å². The Bertz CT molecular complexity index is 645. The number of hydrogen-bond donors (Lipinski definition) is 3. The van der Waals surface area contributed by atoms with Gasteiger partial charge in [0.25, 0.3) is 5.91 Å². The molecule has 3 N–H and O–H groups in total. The summed E-state index contributed by atoms with van der Waals surface area (Å²) in [6, 6.07) is 6.71. The third kappa shape index (κ3) is 4.96. The normalized spacial score (nSPS) is 19.3. The molecule has 1 aliphatic rings. The summed E-state index contributed by atoms with van der Waals surface area (Å²) in [6.45, 7) is 2.36. The topological polar surface area (TPSA) is 96.5 Å². The Balaban J connectivity index is 1.95. The lowest BCUT2D eigenvalue weighted by Gasteiger charge is -2.26. The molecule has 1 atom stereocenters. The zero-order valence-electron chi connectivity index (χ0n) is 14.4. The molecule has 1 fully saturated rings. The highest BCUT2D eigenvalue weighted by Gasteiger charge is 2.42. The van der Waals surface area contributed by atoms with Gasteiger partial charge in [0.2, 0.25) is 5.91 Å². The minimum absolute atomic E-state index is 0.0129. The SMILES string of the molecule is CCNC(=O)c1cccc(NC(=O)CN[C@@]2(C(=O)OC)CCSC2)c1. The molecule has 0 aromatic heterocycles. The number of carbonyl (C=O) groups excluding carboxylic acids is 3. The average Bonchev–Trinajstić information content (AvgIpc) is 3.10. The molecule has 8 heteroatoms. The predicted molar refractivity (Wildman–Crippen MR) is 97.8 cm³/mol. The molecular weight excluding hydrogens is 342 g/mol. The smallest absolute Gasteiger partial charge is 0.326 e. The van der Waals surface area contributed by atoms with Crippen molar-refractivity contribution in [3.05, 3.63) is 29.8 Å².